The van der Waals surface area contributed by atoms with Gasteiger partial charge in [-0.3, -0.25) is 14.5 Å². The first-order valence-corrected chi connectivity index (χ1v) is 20.2. The molecule has 2 saturated heterocycles. The average molecular weight is 772 g/mol. The van der Waals surface area contributed by atoms with Crippen molar-refractivity contribution in [3.8, 4) is 5.75 Å². The summed E-state index contributed by atoms with van der Waals surface area (Å²) in [5.41, 5.74) is 3.64. The first-order chi connectivity index (χ1) is 27.4. The number of carbonyl (C=O) groups excluding carboxylic acids is 2. The molecule has 2 amide bonds. The average Bonchev–Trinajstić information content (AvgIpc) is 3.75. The minimum absolute atomic E-state index is 0.0943. The third-order valence-corrected chi connectivity index (χ3v) is 11.6. The Bertz CT molecular complexity index is 1820. The van der Waals surface area contributed by atoms with Crippen LogP contribution in [0.25, 0.3) is 0 Å². The molecule has 0 bridgehead atoms. The Kier molecular flexibility index (Phi) is 13.5. The second-order valence-corrected chi connectivity index (χ2v) is 15.4. The predicted molar refractivity (Wildman–Crippen MR) is 212 cm³/mol. The topological polar surface area (TPSA) is 138 Å². The van der Waals surface area contributed by atoms with Crippen molar-refractivity contribution in [1.82, 2.24) is 20.1 Å². The summed E-state index contributed by atoms with van der Waals surface area (Å²) >= 11 is 0. The molecule has 0 atom stereocenters. The van der Waals surface area contributed by atoms with Crippen LogP contribution < -0.4 is 20.3 Å². The van der Waals surface area contributed by atoms with Crippen molar-refractivity contribution in [2.24, 2.45) is 5.18 Å². The molecule has 1 saturated carbocycles. The molecule has 3 aliphatic heterocycles. The Labute approximate surface area is 328 Å². The lowest BCUT2D eigenvalue weighted by Crippen LogP contribution is -2.57. The van der Waals surface area contributed by atoms with E-state index in [-0.39, 0.29) is 41.6 Å². The van der Waals surface area contributed by atoms with Crippen molar-refractivity contribution in [3.63, 3.8) is 0 Å². The van der Waals surface area contributed by atoms with Crippen LogP contribution in [0.3, 0.4) is 0 Å². The van der Waals surface area contributed by atoms with Crippen LogP contribution in [0.2, 0.25) is 0 Å². The Morgan fingerprint density at radius 3 is 2.71 bits per heavy atom. The summed E-state index contributed by atoms with van der Waals surface area (Å²) in [7, 11) is 0. The van der Waals surface area contributed by atoms with Gasteiger partial charge in [0, 0.05) is 64.1 Å². The maximum atomic E-state index is 13.8. The number of nitrogens with zero attached hydrogens (tertiary/aromatic N) is 5. The molecule has 14 heteroatoms. The number of halogens is 1. The van der Waals surface area contributed by atoms with E-state index in [0.29, 0.717) is 69.6 Å². The largest absolute Gasteiger partial charge is 0.481 e. The highest BCUT2D eigenvalue weighted by Crippen LogP contribution is 2.40. The van der Waals surface area contributed by atoms with E-state index in [1.165, 1.54) is 29.5 Å². The fourth-order valence-electron chi connectivity index (χ4n) is 8.53. The SMILES string of the molecule is O=Nc1ccc(CCNCCN(C(=O)CCOCCc2cccc(CN3CCC4(CC3)CN(c3cc(F)ccn3)CCO4)c2)C2CCCC2)c2c1NC(=O)CO2. The van der Waals surface area contributed by atoms with Crippen LogP contribution in [0, 0.1) is 10.7 Å². The summed E-state index contributed by atoms with van der Waals surface area (Å²) in [6.45, 7) is 7.63. The molecule has 3 fully saturated rings. The first-order valence-electron chi connectivity index (χ1n) is 20.2. The first kappa shape index (κ1) is 39.7. The van der Waals surface area contributed by atoms with E-state index in [0.717, 1.165) is 83.2 Å². The lowest BCUT2D eigenvalue weighted by atomic mass is 9.89. The number of amides is 2. The molecule has 0 unspecified atom stereocenters. The molecule has 1 spiro atoms. The molecule has 1 aliphatic carbocycles. The number of ether oxygens (including phenoxy) is 3. The lowest BCUT2D eigenvalue weighted by Gasteiger charge is -2.47. The molecule has 300 valence electrons. The summed E-state index contributed by atoms with van der Waals surface area (Å²) in [5, 5.41) is 9.16. The molecule has 4 heterocycles. The normalized spacial score (nSPS) is 18.4. The van der Waals surface area contributed by atoms with E-state index in [4.69, 9.17) is 14.2 Å². The van der Waals surface area contributed by atoms with Crippen molar-refractivity contribution < 1.29 is 28.2 Å². The molecule has 0 radical (unpaired) electrons. The third-order valence-electron chi connectivity index (χ3n) is 11.6. The highest BCUT2D eigenvalue weighted by Gasteiger charge is 2.40. The molecule has 56 heavy (non-hydrogen) atoms. The van der Waals surface area contributed by atoms with Gasteiger partial charge in [0.25, 0.3) is 5.91 Å². The summed E-state index contributed by atoms with van der Waals surface area (Å²) in [4.78, 5) is 47.5. The Morgan fingerprint density at radius 2 is 1.89 bits per heavy atom. The van der Waals surface area contributed by atoms with Crippen LogP contribution in [-0.4, -0.2) is 110 Å². The van der Waals surface area contributed by atoms with Gasteiger partial charge in [0.2, 0.25) is 5.91 Å². The summed E-state index contributed by atoms with van der Waals surface area (Å²) in [6.07, 6.45) is 9.53. The maximum Gasteiger partial charge on any atom is 0.262 e. The van der Waals surface area contributed by atoms with Crippen molar-refractivity contribution >= 4 is 29.0 Å². The minimum atomic E-state index is -0.309. The van der Waals surface area contributed by atoms with Crippen LogP contribution in [0.4, 0.5) is 21.6 Å². The second-order valence-electron chi connectivity index (χ2n) is 15.4. The number of benzene rings is 2. The molecule has 2 aromatic carbocycles. The number of pyridine rings is 1. The van der Waals surface area contributed by atoms with Gasteiger partial charge in [-0.15, -0.1) is 4.91 Å². The fourth-order valence-corrected chi connectivity index (χ4v) is 8.53. The predicted octanol–water partition coefficient (Wildman–Crippen LogP) is 5.37. The number of aromatic nitrogens is 1. The van der Waals surface area contributed by atoms with Crippen LogP contribution >= 0.6 is 0 Å². The van der Waals surface area contributed by atoms with Gasteiger partial charge in [-0.25, -0.2) is 9.37 Å². The van der Waals surface area contributed by atoms with Gasteiger partial charge in [0.05, 0.1) is 31.8 Å². The van der Waals surface area contributed by atoms with Gasteiger partial charge in [0.15, 0.2) is 6.61 Å². The Balaban J connectivity index is 0.807. The summed E-state index contributed by atoms with van der Waals surface area (Å²) in [6, 6.07) is 15.3. The number of nitrogens with one attached hydrogen (secondary N) is 2. The maximum absolute atomic E-state index is 13.8. The van der Waals surface area contributed by atoms with Gasteiger partial charge in [-0.05, 0) is 79.1 Å². The molecule has 7 rings (SSSR count). The van der Waals surface area contributed by atoms with Crippen LogP contribution in [0.1, 0.15) is 61.6 Å². The van der Waals surface area contributed by atoms with Crippen molar-refractivity contribution in [2.45, 2.75) is 76.0 Å². The van der Waals surface area contributed by atoms with Gasteiger partial charge >= 0.3 is 0 Å². The number of fused-ring (bicyclic) bond motifs is 1. The Hall–Kier alpha value is -4.50. The molecule has 4 aliphatic rings. The smallest absolute Gasteiger partial charge is 0.262 e. The van der Waals surface area contributed by atoms with Crippen LogP contribution in [0.15, 0.2) is 59.9 Å². The number of nitroso groups, excluding NO2 is 1. The zero-order valence-corrected chi connectivity index (χ0v) is 32.2. The van der Waals surface area contributed by atoms with Crippen LogP contribution in [0.5, 0.6) is 5.75 Å². The molecule has 2 N–H and O–H groups in total. The van der Waals surface area contributed by atoms with Gasteiger partial charge in [-0.2, -0.15) is 0 Å². The highest BCUT2D eigenvalue weighted by atomic mass is 19.1. The number of anilines is 2. The van der Waals surface area contributed by atoms with Gasteiger partial charge < -0.3 is 34.6 Å². The van der Waals surface area contributed by atoms with E-state index >= 15 is 0 Å². The van der Waals surface area contributed by atoms with E-state index in [1.54, 1.807) is 6.07 Å². The van der Waals surface area contributed by atoms with Gasteiger partial charge in [-0.1, -0.05) is 43.2 Å². The summed E-state index contributed by atoms with van der Waals surface area (Å²) < 4.78 is 31.8. The monoisotopic (exact) mass is 771 g/mol. The van der Waals surface area contributed by atoms with E-state index in [2.05, 4.69) is 54.9 Å². The van der Waals surface area contributed by atoms with Crippen molar-refractivity contribution in [2.75, 3.05) is 82.5 Å². The standard InChI is InChI=1S/C42H54FN7O6/c43-34-11-17-45-37(27-34)49-22-25-56-42(30-49)14-19-48(20-15-42)28-32-5-3-4-31(26-32)12-23-54-24-13-39(52)50(35-6-1-2-7-35)21-18-44-16-10-33-8-9-36(47-53)40-41(33)55-29-38(51)46-40/h3-5,8-9,11,17,26-27,35,44H,1-2,6-7,10,12-16,18-25,28-30H2,(H,46,51). The quantitative estimate of drug-likeness (QED) is 0.136. The molecule has 3 aromatic rings. The van der Waals surface area contributed by atoms with E-state index in [9.17, 15) is 18.9 Å². The van der Waals surface area contributed by atoms with Crippen LogP contribution in [-0.2, 0) is 38.4 Å². The number of piperidine rings is 1. The summed E-state index contributed by atoms with van der Waals surface area (Å²) in [5.74, 6) is 0.737. The molecular weight excluding hydrogens is 718 g/mol. The molecule has 13 nitrogen and oxygen atoms in total. The van der Waals surface area contributed by atoms with Crippen molar-refractivity contribution in [3.05, 3.63) is 82.1 Å². The minimum Gasteiger partial charge on any atom is -0.481 e. The number of morpholine rings is 1. The molecule has 1 aromatic heterocycles. The fraction of sp³-hybridized carbons (Fsp3) is 0.548. The van der Waals surface area contributed by atoms with Gasteiger partial charge in [0.1, 0.15) is 28.8 Å². The number of likely N-dealkylation sites (tertiary alicyclic amines) is 1. The van der Waals surface area contributed by atoms with E-state index in [1.807, 2.05) is 11.0 Å². The third kappa shape index (κ3) is 10.3. The number of carbonyl (C=O) groups is 2. The van der Waals surface area contributed by atoms with Crippen molar-refractivity contribution in [1.29, 1.82) is 0 Å². The Morgan fingerprint density at radius 1 is 1.05 bits per heavy atom. The second kappa shape index (κ2) is 19.1. The zero-order chi connectivity index (χ0) is 38.7. The number of hydrogen-bond donors (Lipinski definition) is 2. The lowest BCUT2D eigenvalue weighted by molar-refractivity contribution is -0.134. The van der Waals surface area contributed by atoms with E-state index < -0.39 is 0 Å². The number of rotatable bonds is 17. The number of hydrogen-bond acceptors (Lipinski definition) is 11. The molecular formula is C42H54FN7O6. The highest BCUT2D eigenvalue weighted by molar-refractivity contribution is 5.99. The zero-order valence-electron chi connectivity index (χ0n) is 32.2.